The van der Waals surface area contributed by atoms with Crippen molar-refractivity contribution < 1.29 is 4.42 Å². The molecular formula is C17H17N3OS. The van der Waals surface area contributed by atoms with Gasteiger partial charge in [0.1, 0.15) is 5.76 Å². The van der Waals surface area contributed by atoms with Crippen LogP contribution in [0.1, 0.15) is 22.6 Å². The van der Waals surface area contributed by atoms with Crippen LogP contribution in [-0.2, 0) is 0 Å². The van der Waals surface area contributed by atoms with Crippen LogP contribution in [0.5, 0.6) is 0 Å². The SMILES string of the molecule is Cc1cccc(C)c1N=c1scc(C)n1N=Cc1ccco1. The first-order valence-corrected chi connectivity index (χ1v) is 7.89. The van der Waals surface area contributed by atoms with Crippen LogP contribution in [0.15, 0.2) is 56.5 Å². The lowest BCUT2D eigenvalue weighted by molar-refractivity contribution is 0.559. The zero-order valence-electron chi connectivity index (χ0n) is 12.8. The highest BCUT2D eigenvalue weighted by Crippen LogP contribution is 2.22. The quantitative estimate of drug-likeness (QED) is 0.669. The Bertz CT molecular complexity index is 849. The van der Waals surface area contributed by atoms with E-state index in [9.17, 15) is 0 Å². The van der Waals surface area contributed by atoms with Crippen molar-refractivity contribution >= 4 is 23.2 Å². The minimum atomic E-state index is 0.719. The highest BCUT2D eigenvalue weighted by atomic mass is 32.1. The largest absolute Gasteiger partial charge is 0.463 e. The topological polar surface area (TPSA) is 42.8 Å². The number of hydrogen-bond acceptors (Lipinski definition) is 4. The summed E-state index contributed by atoms with van der Waals surface area (Å²) in [6.07, 6.45) is 3.33. The first kappa shape index (κ1) is 14.5. The van der Waals surface area contributed by atoms with Crippen molar-refractivity contribution in [2.45, 2.75) is 20.8 Å². The van der Waals surface area contributed by atoms with Gasteiger partial charge in [-0.15, -0.1) is 11.3 Å². The van der Waals surface area contributed by atoms with Gasteiger partial charge in [0.05, 0.1) is 23.9 Å². The predicted molar refractivity (Wildman–Crippen MR) is 89.9 cm³/mol. The van der Waals surface area contributed by atoms with Crippen LogP contribution in [0, 0.1) is 20.8 Å². The summed E-state index contributed by atoms with van der Waals surface area (Å²) in [5.74, 6) is 0.719. The molecule has 0 aliphatic carbocycles. The Labute approximate surface area is 133 Å². The number of nitrogens with zero attached hydrogens (tertiary/aromatic N) is 3. The van der Waals surface area contributed by atoms with Gasteiger partial charge in [-0.05, 0) is 44.0 Å². The number of para-hydroxylation sites is 1. The van der Waals surface area contributed by atoms with E-state index in [2.05, 4.69) is 31.1 Å². The lowest BCUT2D eigenvalue weighted by Gasteiger charge is -2.03. The van der Waals surface area contributed by atoms with Crippen LogP contribution >= 0.6 is 11.3 Å². The third-order valence-electron chi connectivity index (χ3n) is 3.34. The van der Waals surface area contributed by atoms with Gasteiger partial charge in [-0.3, -0.25) is 0 Å². The molecule has 0 saturated carbocycles. The van der Waals surface area contributed by atoms with Gasteiger partial charge in [-0.1, -0.05) is 18.2 Å². The molecule has 0 bridgehead atoms. The average molecular weight is 311 g/mol. The fourth-order valence-electron chi connectivity index (χ4n) is 2.16. The standard InChI is InChI=1S/C17H17N3OS/c1-12-6-4-7-13(2)16(12)19-17-20(14(3)11-22-17)18-10-15-8-5-9-21-15/h4-11H,1-3H3. The molecule has 0 radical (unpaired) electrons. The van der Waals surface area contributed by atoms with Crippen molar-refractivity contribution in [3.63, 3.8) is 0 Å². The molecule has 112 valence electrons. The highest BCUT2D eigenvalue weighted by Gasteiger charge is 2.03. The molecule has 4 nitrogen and oxygen atoms in total. The first-order valence-electron chi connectivity index (χ1n) is 7.01. The zero-order chi connectivity index (χ0) is 15.5. The van der Waals surface area contributed by atoms with Gasteiger partial charge < -0.3 is 4.42 Å². The van der Waals surface area contributed by atoms with Crippen molar-refractivity contribution in [3.8, 4) is 0 Å². The molecule has 3 aromatic rings. The number of hydrogen-bond donors (Lipinski definition) is 0. The molecular weight excluding hydrogens is 294 g/mol. The molecule has 2 aromatic heterocycles. The molecule has 0 aliphatic heterocycles. The van der Waals surface area contributed by atoms with Crippen molar-refractivity contribution in [1.82, 2.24) is 4.68 Å². The minimum Gasteiger partial charge on any atom is -0.463 e. The van der Waals surface area contributed by atoms with Crippen molar-refractivity contribution in [2.24, 2.45) is 10.1 Å². The minimum absolute atomic E-state index is 0.719. The number of aromatic nitrogens is 1. The van der Waals surface area contributed by atoms with Gasteiger partial charge in [0.15, 0.2) is 0 Å². The van der Waals surface area contributed by atoms with Crippen LogP contribution in [-0.4, -0.2) is 10.9 Å². The molecule has 0 saturated heterocycles. The average Bonchev–Trinajstić information content (AvgIpc) is 3.11. The van der Waals surface area contributed by atoms with E-state index >= 15 is 0 Å². The summed E-state index contributed by atoms with van der Waals surface area (Å²) in [5.41, 5.74) is 4.37. The Morgan fingerprint density at radius 2 is 1.86 bits per heavy atom. The molecule has 0 N–H and O–H groups in total. The Balaban J connectivity index is 2.07. The van der Waals surface area contributed by atoms with E-state index in [-0.39, 0.29) is 0 Å². The van der Waals surface area contributed by atoms with E-state index in [1.54, 1.807) is 23.8 Å². The normalized spacial score (nSPS) is 12.4. The van der Waals surface area contributed by atoms with Crippen LogP contribution in [0.4, 0.5) is 5.69 Å². The van der Waals surface area contributed by atoms with Gasteiger partial charge in [0.25, 0.3) is 0 Å². The smallest absolute Gasteiger partial charge is 0.211 e. The van der Waals surface area contributed by atoms with Crippen LogP contribution in [0.2, 0.25) is 0 Å². The lowest BCUT2D eigenvalue weighted by Crippen LogP contribution is -2.11. The van der Waals surface area contributed by atoms with E-state index < -0.39 is 0 Å². The first-order chi connectivity index (χ1) is 10.6. The summed E-state index contributed by atoms with van der Waals surface area (Å²) < 4.78 is 7.11. The third kappa shape index (κ3) is 2.94. The molecule has 2 heterocycles. The summed E-state index contributed by atoms with van der Waals surface area (Å²) in [5, 5.41) is 6.53. The van der Waals surface area contributed by atoms with Gasteiger partial charge in [0, 0.05) is 5.38 Å². The molecule has 1 aromatic carbocycles. The van der Waals surface area contributed by atoms with E-state index in [4.69, 9.17) is 9.41 Å². The second-order valence-electron chi connectivity index (χ2n) is 5.08. The van der Waals surface area contributed by atoms with Crippen LogP contribution < -0.4 is 4.80 Å². The molecule has 3 rings (SSSR count). The van der Waals surface area contributed by atoms with E-state index in [1.165, 1.54) is 0 Å². The molecule has 0 spiro atoms. The molecule has 22 heavy (non-hydrogen) atoms. The second-order valence-corrected chi connectivity index (χ2v) is 5.92. The molecule has 5 heteroatoms. The van der Waals surface area contributed by atoms with Gasteiger partial charge >= 0.3 is 0 Å². The second kappa shape index (κ2) is 6.15. The fourth-order valence-corrected chi connectivity index (χ4v) is 2.97. The maximum absolute atomic E-state index is 5.28. The Morgan fingerprint density at radius 3 is 2.55 bits per heavy atom. The number of furan rings is 1. The summed E-state index contributed by atoms with van der Waals surface area (Å²) in [6.45, 7) is 6.16. The molecule has 0 amide bonds. The Hall–Kier alpha value is -2.40. The van der Waals surface area contributed by atoms with Crippen molar-refractivity contribution in [2.75, 3.05) is 0 Å². The van der Waals surface area contributed by atoms with Gasteiger partial charge in [0.2, 0.25) is 4.80 Å². The summed E-state index contributed by atoms with van der Waals surface area (Å²) in [6, 6.07) is 9.90. The van der Waals surface area contributed by atoms with E-state index in [1.807, 2.05) is 35.2 Å². The number of benzene rings is 1. The lowest BCUT2D eigenvalue weighted by atomic mass is 10.1. The Kier molecular flexibility index (Phi) is 4.06. The summed E-state index contributed by atoms with van der Waals surface area (Å²) >= 11 is 1.58. The molecule has 0 fully saturated rings. The third-order valence-corrected chi connectivity index (χ3v) is 4.27. The monoisotopic (exact) mass is 311 g/mol. The van der Waals surface area contributed by atoms with Crippen molar-refractivity contribution in [3.05, 3.63) is 69.4 Å². The molecule has 0 atom stereocenters. The van der Waals surface area contributed by atoms with Crippen molar-refractivity contribution in [1.29, 1.82) is 0 Å². The zero-order valence-corrected chi connectivity index (χ0v) is 13.6. The molecule has 0 unspecified atom stereocenters. The van der Waals surface area contributed by atoms with Gasteiger partial charge in [-0.25, -0.2) is 9.67 Å². The number of thiazole rings is 1. The van der Waals surface area contributed by atoms with Crippen LogP contribution in [0.3, 0.4) is 0 Å². The molecule has 0 aliphatic rings. The number of rotatable bonds is 3. The Morgan fingerprint density at radius 1 is 1.09 bits per heavy atom. The predicted octanol–water partition coefficient (Wildman–Crippen LogP) is 4.18. The highest BCUT2D eigenvalue weighted by molar-refractivity contribution is 7.07. The van der Waals surface area contributed by atoms with E-state index in [0.29, 0.717) is 0 Å². The summed E-state index contributed by atoms with van der Waals surface area (Å²) in [4.78, 5) is 5.64. The maximum Gasteiger partial charge on any atom is 0.211 e. The van der Waals surface area contributed by atoms with Crippen LogP contribution in [0.25, 0.3) is 0 Å². The fraction of sp³-hybridized carbons (Fsp3) is 0.176. The van der Waals surface area contributed by atoms with Gasteiger partial charge in [-0.2, -0.15) is 5.10 Å². The summed E-state index contributed by atoms with van der Waals surface area (Å²) in [7, 11) is 0. The maximum atomic E-state index is 5.28. The number of aryl methyl sites for hydroxylation is 3. The van der Waals surface area contributed by atoms with E-state index in [0.717, 1.165) is 33.1 Å².